The molecule has 3 nitrogen and oxygen atoms in total. The average Bonchev–Trinajstić information content (AvgIpc) is 3.24. The largest absolute Gasteiger partial charge is 0.469 e. The lowest BCUT2D eigenvalue weighted by Gasteiger charge is -2.34. The highest BCUT2D eigenvalue weighted by Crippen LogP contribution is 2.55. The van der Waals surface area contributed by atoms with Crippen molar-refractivity contribution in [3.63, 3.8) is 0 Å². The monoisotopic (exact) mass is 446 g/mol. The molecule has 1 saturated heterocycles. The number of benzene rings is 1. The van der Waals surface area contributed by atoms with Crippen molar-refractivity contribution in [3.05, 3.63) is 60.2 Å². The fourth-order valence-corrected chi connectivity index (χ4v) is 5.85. The van der Waals surface area contributed by atoms with Crippen molar-refractivity contribution in [1.29, 1.82) is 0 Å². The summed E-state index contributed by atoms with van der Waals surface area (Å²) in [4.78, 5) is 4.50. The molecule has 4 atom stereocenters. The second-order valence-corrected chi connectivity index (χ2v) is 9.32. The van der Waals surface area contributed by atoms with Crippen LogP contribution in [0.1, 0.15) is 32.8 Å². The average molecular weight is 447 g/mol. The molecule has 3 aliphatic rings. The van der Waals surface area contributed by atoms with Crippen LogP contribution in [-0.2, 0) is 4.74 Å². The van der Waals surface area contributed by atoms with Crippen LogP contribution in [0, 0.1) is 23.6 Å². The van der Waals surface area contributed by atoms with Gasteiger partial charge in [-0.2, -0.15) is 0 Å². The molecule has 1 aliphatic heterocycles. The molecule has 2 aromatic rings. The highest BCUT2D eigenvalue weighted by Gasteiger charge is 2.59. The summed E-state index contributed by atoms with van der Waals surface area (Å²) in [6.07, 6.45) is 6.74. The number of fused-ring (bicyclic) bond motifs is 1. The van der Waals surface area contributed by atoms with Gasteiger partial charge in [-0.05, 0) is 66.7 Å². The van der Waals surface area contributed by atoms with Gasteiger partial charge in [-0.25, -0.2) is 13.2 Å². The summed E-state index contributed by atoms with van der Waals surface area (Å²) in [5.74, 6) is -2.73. The van der Waals surface area contributed by atoms with E-state index in [2.05, 4.69) is 16.4 Å². The quantitative estimate of drug-likeness (QED) is 0.599. The second kappa shape index (κ2) is 7.62. The smallest absolute Gasteiger partial charge is 0.257 e. The molecule has 1 aromatic heterocycles. The first-order valence-corrected chi connectivity index (χ1v) is 11.0. The van der Waals surface area contributed by atoms with Crippen LogP contribution in [0.2, 0.25) is 0 Å². The Morgan fingerprint density at radius 3 is 2.77 bits per heavy atom. The molecular formula is C24H25F3N2OS. The van der Waals surface area contributed by atoms with Crippen LogP contribution >= 0.6 is 12.2 Å². The molecule has 7 heteroatoms. The molecule has 3 fully saturated rings. The Hall–Kier alpha value is -2.41. The number of ether oxygens (including phenoxy) is 1. The lowest BCUT2D eigenvalue weighted by Crippen LogP contribution is -2.47. The predicted octanol–water partition coefficient (Wildman–Crippen LogP) is 5.86. The van der Waals surface area contributed by atoms with Crippen molar-refractivity contribution in [3.8, 4) is 11.1 Å². The Balaban J connectivity index is 0.00000245. The van der Waals surface area contributed by atoms with Crippen LogP contribution < -0.4 is 5.32 Å². The number of nitrogens with one attached hydrogen (secondary N) is 1. The summed E-state index contributed by atoms with van der Waals surface area (Å²) < 4.78 is 47.1. The van der Waals surface area contributed by atoms with Gasteiger partial charge < -0.3 is 10.1 Å². The molecule has 0 bridgehead atoms. The Morgan fingerprint density at radius 2 is 2.06 bits per heavy atom. The Kier molecular flexibility index (Phi) is 5.04. The maximum atomic E-state index is 14.0. The Morgan fingerprint density at radius 1 is 1.19 bits per heavy atom. The Labute approximate surface area is 186 Å². The summed E-state index contributed by atoms with van der Waals surface area (Å²) >= 11 is 5.19. The normalized spacial score (nSPS) is 31.6. The number of nitrogens with zero attached hydrogens (tertiary/aromatic N) is 1. The van der Waals surface area contributed by atoms with Gasteiger partial charge >= 0.3 is 0 Å². The summed E-state index contributed by atoms with van der Waals surface area (Å²) in [7, 11) is 0. The van der Waals surface area contributed by atoms with E-state index in [0.717, 1.165) is 16.8 Å². The van der Waals surface area contributed by atoms with Gasteiger partial charge in [0, 0.05) is 31.9 Å². The highest BCUT2D eigenvalue weighted by atomic mass is 32.1. The minimum Gasteiger partial charge on any atom is -0.469 e. The zero-order chi connectivity index (χ0) is 21.6. The van der Waals surface area contributed by atoms with Crippen LogP contribution in [-0.4, -0.2) is 28.2 Å². The number of halogens is 3. The predicted molar refractivity (Wildman–Crippen MR) is 119 cm³/mol. The van der Waals surface area contributed by atoms with Crippen LogP contribution in [0.15, 0.2) is 48.7 Å². The minimum absolute atomic E-state index is 0. The highest BCUT2D eigenvalue weighted by molar-refractivity contribution is 7.80. The van der Waals surface area contributed by atoms with E-state index in [1.54, 1.807) is 12.3 Å². The maximum absolute atomic E-state index is 14.0. The molecule has 2 saturated carbocycles. The zero-order valence-electron chi connectivity index (χ0n) is 16.9. The number of pyridine rings is 1. The van der Waals surface area contributed by atoms with E-state index in [1.807, 2.05) is 24.3 Å². The SMILES string of the molecule is Fc1cccc(-c2ccc(/C=C/[C@H]3[C@@H]4CCC(F)(F)C[C@H]4CC34COC(=S)N4)nc2)c1.[HH]. The second-order valence-electron chi connectivity index (χ2n) is 8.95. The molecule has 31 heavy (non-hydrogen) atoms. The van der Waals surface area contributed by atoms with Crippen LogP contribution in [0.25, 0.3) is 17.2 Å². The van der Waals surface area contributed by atoms with Crippen molar-refractivity contribution < 1.29 is 19.3 Å². The fraction of sp³-hybridized carbons (Fsp3) is 0.417. The van der Waals surface area contributed by atoms with Crippen molar-refractivity contribution in [2.24, 2.45) is 17.8 Å². The van der Waals surface area contributed by atoms with E-state index < -0.39 is 11.5 Å². The third-order valence-electron chi connectivity index (χ3n) is 6.97. The topological polar surface area (TPSA) is 34.1 Å². The van der Waals surface area contributed by atoms with Crippen LogP contribution in [0.4, 0.5) is 13.2 Å². The van der Waals surface area contributed by atoms with Crippen molar-refractivity contribution >= 4 is 23.5 Å². The fourth-order valence-electron chi connectivity index (χ4n) is 5.59. The third-order valence-corrected chi connectivity index (χ3v) is 7.19. The van der Waals surface area contributed by atoms with Gasteiger partial charge in [0.1, 0.15) is 12.4 Å². The first-order chi connectivity index (χ1) is 14.8. The minimum atomic E-state index is -2.59. The van der Waals surface area contributed by atoms with E-state index in [-0.39, 0.29) is 37.8 Å². The van der Waals surface area contributed by atoms with Crippen molar-refractivity contribution in [1.82, 2.24) is 10.3 Å². The number of rotatable bonds is 3. The molecule has 0 radical (unpaired) electrons. The lowest BCUT2D eigenvalue weighted by molar-refractivity contribution is -0.0659. The van der Waals surface area contributed by atoms with Crippen molar-refractivity contribution in [2.75, 3.05) is 6.61 Å². The number of hydrogen-bond acceptors (Lipinski definition) is 3. The van der Waals surface area contributed by atoms with Gasteiger partial charge in [0.05, 0.1) is 11.2 Å². The maximum Gasteiger partial charge on any atom is 0.257 e. The number of alkyl halides is 2. The molecule has 1 N–H and O–H groups in total. The van der Waals surface area contributed by atoms with Crippen LogP contribution in [0.5, 0.6) is 0 Å². The first kappa shape index (κ1) is 20.5. The molecule has 2 aliphatic carbocycles. The molecule has 1 unspecified atom stereocenters. The van der Waals surface area contributed by atoms with Gasteiger partial charge in [0.2, 0.25) is 5.92 Å². The molecule has 164 valence electrons. The summed E-state index contributed by atoms with van der Waals surface area (Å²) in [6.45, 7) is 0.408. The zero-order valence-corrected chi connectivity index (χ0v) is 17.7. The first-order valence-electron chi connectivity index (χ1n) is 10.6. The van der Waals surface area contributed by atoms with Gasteiger partial charge in [-0.15, -0.1) is 0 Å². The van der Waals surface area contributed by atoms with Gasteiger partial charge in [0.25, 0.3) is 5.17 Å². The van der Waals surface area contributed by atoms with E-state index >= 15 is 0 Å². The molecule has 1 aromatic carbocycles. The van der Waals surface area contributed by atoms with E-state index in [4.69, 9.17) is 17.0 Å². The van der Waals surface area contributed by atoms with Crippen LogP contribution in [0.3, 0.4) is 0 Å². The van der Waals surface area contributed by atoms with E-state index in [0.29, 0.717) is 24.6 Å². The van der Waals surface area contributed by atoms with Gasteiger partial charge in [-0.3, -0.25) is 4.98 Å². The van der Waals surface area contributed by atoms with Crippen molar-refractivity contribution in [2.45, 2.75) is 37.1 Å². The Bertz CT molecular complexity index is 1030. The number of hydrogen-bond donors (Lipinski definition) is 1. The van der Waals surface area contributed by atoms with E-state index in [1.165, 1.54) is 12.1 Å². The third kappa shape index (κ3) is 3.95. The van der Waals surface area contributed by atoms with E-state index in [9.17, 15) is 13.2 Å². The number of thiocarbonyl (C=S) groups is 1. The standard InChI is InChI=1S/C24H23F3N2OS.H2/c25-18-3-1-2-15(10-18)16-4-5-19(28-13-16)6-7-21-20-8-9-24(26,27)12-17(20)11-23(21)14-30-22(31)29-23;/h1-7,10,13,17,20-21H,8-9,11-12,14H2,(H,29,31);1H/b7-6+;/t17-,20-,21+,23?;/m1./s1. The molecule has 1 spiro atoms. The lowest BCUT2D eigenvalue weighted by atomic mass is 9.75. The molecule has 2 heterocycles. The molecule has 0 amide bonds. The van der Waals surface area contributed by atoms with Gasteiger partial charge in [0.15, 0.2) is 0 Å². The summed E-state index contributed by atoms with van der Waals surface area (Å²) in [5.41, 5.74) is 1.94. The molecular weight excluding hydrogens is 421 g/mol. The van der Waals surface area contributed by atoms with Gasteiger partial charge in [-0.1, -0.05) is 24.3 Å². The number of aromatic nitrogens is 1. The summed E-state index contributed by atoms with van der Waals surface area (Å²) in [6, 6.07) is 10.2. The summed E-state index contributed by atoms with van der Waals surface area (Å²) in [5, 5.41) is 3.64. The molecule has 5 rings (SSSR count).